The molecule has 2 aliphatic heterocycles. The highest BCUT2D eigenvalue weighted by Gasteiger charge is 2.30. The van der Waals surface area contributed by atoms with E-state index in [4.69, 9.17) is 18.9 Å². The summed E-state index contributed by atoms with van der Waals surface area (Å²) in [7, 11) is 0. The Balaban J connectivity index is 1.48. The van der Waals surface area contributed by atoms with Gasteiger partial charge < -0.3 is 18.9 Å². The molecule has 0 bridgehead atoms. The Hall–Kier alpha value is -3.90. The molecule has 0 radical (unpaired) electrons. The van der Waals surface area contributed by atoms with E-state index in [2.05, 4.69) is 6.92 Å². The highest BCUT2D eigenvalue weighted by molar-refractivity contribution is 6.21. The Bertz CT molecular complexity index is 1340. The van der Waals surface area contributed by atoms with E-state index in [1.165, 1.54) is 0 Å². The second-order valence-electron chi connectivity index (χ2n) is 7.72. The molecule has 0 N–H and O–H groups in total. The number of ether oxygens (including phenoxy) is 4. The van der Waals surface area contributed by atoms with Crippen molar-refractivity contribution in [3.8, 4) is 17.2 Å². The molecule has 0 unspecified atom stereocenters. The molecule has 0 saturated carbocycles. The van der Waals surface area contributed by atoms with Crippen LogP contribution < -0.4 is 24.6 Å². The molecule has 5 rings (SSSR count). The van der Waals surface area contributed by atoms with Gasteiger partial charge in [0.1, 0.15) is 23.9 Å². The van der Waals surface area contributed by atoms with Crippen LogP contribution in [0.25, 0.3) is 11.1 Å². The van der Waals surface area contributed by atoms with Crippen molar-refractivity contribution in [2.75, 3.05) is 19.8 Å². The third kappa shape index (κ3) is 4.01. The number of esters is 2. The van der Waals surface area contributed by atoms with Gasteiger partial charge in [-0.2, -0.15) is 0 Å². The zero-order valence-corrected chi connectivity index (χ0v) is 18.1. The summed E-state index contributed by atoms with van der Waals surface area (Å²) in [6.45, 7) is 3.75. The van der Waals surface area contributed by atoms with Crippen LogP contribution in [0.4, 0.5) is 0 Å². The molecule has 6 nitrogen and oxygen atoms in total. The van der Waals surface area contributed by atoms with E-state index < -0.39 is 11.9 Å². The number of rotatable bonds is 8. The minimum Gasteiger partial charge on any atom is -0.491 e. The minimum atomic E-state index is -0.442. The Kier molecular flexibility index (Phi) is 5.67. The molecule has 0 fully saturated rings. The summed E-state index contributed by atoms with van der Waals surface area (Å²) >= 11 is 0. The van der Waals surface area contributed by atoms with Crippen LogP contribution in [0.15, 0.2) is 66.7 Å². The molecule has 3 aromatic rings. The normalized spacial score (nSPS) is 14.1. The average molecular weight is 442 g/mol. The standard InChI is InChI=1S/C27H22O6/c1-2-12-30-13-14-31-19-10-8-18(9-11-19)25-21-16-22-20(15-23(21)33-27(25)29)24(26(28)32-22)17-6-4-3-5-7-17/h3-11,15-16H,2,12-14H2,1H3. The molecule has 0 atom stereocenters. The first-order valence-electron chi connectivity index (χ1n) is 10.9. The van der Waals surface area contributed by atoms with Gasteiger partial charge >= 0.3 is 11.9 Å². The van der Waals surface area contributed by atoms with Crippen LogP contribution in [0.5, 0.6) is 17.2 Å². The van der Waals surface area contributed by atoms with E-state index in [1.807, 2.05) is 54.6 Å². The number of benzene rings is 3. The quantitative estimate of drug-likeness (QED) is 0.304. The first kappa shape index (κ1) is 21.0. The number of fused-ring (bicyclic) bond motifs is 2. The van der Waals surface area contributed by atoms with Crippen molar-refractivity contribution in [1.29, 1.82) is 0 Å². The zero-order chi connectivity index (χ0) is 22.8. The molecular weight excluding hydrogens is 420 g/mol. The molecule has 0 amide bonds. The van der Waals surface area contributed by atoms with E-state index in [1.54, 1.807) is 12.1 Å². The maximum absolute atomic E-state index is 12.7. The lowest BCUT2D eigenvalue weighted by Gasteiger charge is -2.07. The van der Waals surface area contributed by atoms with Gasteiger partial charge in [0.2, 0.25) is 0 Å². The summed E-state index contributed by atoms with van der Waals surface area (Å²) in [4.78, 5) is 25.3. The summed E-state index contributed by atoms with van der Waals surface area (Å²) < 4.78 is 22.2. The van der Waals surface area contributed by atoms with Crippen LogP contribution in [0, 0.1) is 0 Å². The maximum Gasteiger partial charge on any atom is 0.344 e. The summed E-state index contributed by atoms with van der Waals surface area (Å²) in [5, 5.41) is 1.22. The molecule has 0 spiro atoms. The Morgan fingerprint density at radius 3 is 1.85 bits per heavy atom. The van der Waals surface area contributed by atoms with Crippen molar-refractivity contribution in [1.82, 2.24) is 0 Å². The van der Waals surface area contributed by atoms with E-state index >= 15 is 0 Å². The van der Waals surface area contributed by atoms with Crippen molar-refractivity contribution < 1.29 is 28.5 Å². The van der Waals surface area contributed by atoms with E-state index in [0.29, 0.717) is 64.2 Å². The molecule has 3 aromatic carbocycles. The van der Waals surface area contributed by atoms with Gasteiger partial charge in [0.05, 0.1) is 17.8 Å². The van der Waals surface area contributed by atoms with Crippen LogP contribution in [-0.2, 0) is 14.3 Å². The zero-order valence-electron chi connectivity index (χ0n) is 18.1. The SMILES string of the molecule is CCCOCCOc1ccc(C2=c3cc4c(cc3OC2=O)=C(c2ccccc2)C(=O)O4)cc1. The number of carbonyl (C=O) groups is 2. The molecule has 2 aliphatic rings. The predicted molar refractivity (Wildman–Crippen MR) is 121 cm³/mol. The predicted octanol–water partition coefficient (Wildman–Crippen LogP) is 2.73. The van der Waals surface area contributed by atoms with E-state index in [9.17, 15) is 9.59 Å². The smallest absolute Gasteiger partial charge is 0.344 e. The number of hydrogen-bond acceptors (Lipinski definition) is 6. The third-order valence-corrected chi connectivity index (χ3v) is 5.48. The van der Waals surface area contributed by atoms with E-state index in [-0.39, 0.29) is 0 Å². The Morgan fingerprint density at radius 1 is 0.697 bits per heavy atom. The largest absolute Gasteiger partial charge is 0.491 e. The second-order valence-corrected chi connectivity index (χ2v) is 7.72. The van der Waals surface area contributed by atoms with Crippen molar-refractivity contribution in [3.05, 3.63) is 88.3 Å². The monoisotopic (exact) mass is 442 g/mol. The maximum atomic E-state index is 12.7. The number of hydrogen-bond donors (Lipinski definition) is 0. The van der Waals surface area contributed by atoms with Crippen LogP contribution in [0.3, 0.4) is 0 Å². The molecule has 166 valence electrons. The molecule has 0 aliphatic carbocycles. The fourth-order valence-corrected chi connectivity index (χ4v) is 3.98. The van der Waals surface area contributed by atoms with Gasteiger partial charge in [-0.1, -0.05) is 49.4 Å². The molecule has 2 heterocycles. The van der Waals surface area contributed by atoms with E-state index in [0.717, 1.165) is 12.0 Å². The molecular formula is C27H22O6. The summed E-state index contributed by atoms with van der Waals surface area (Å²) in [5.41, 5.74) is 2.34. The van der Waals surface area contributed by atoms with Crippen molar-refractivity contribution in [3.63, 3.8) is 0 Å². The Morgan fingerprint density at radius 2 is 1.27 bits per heavy atom. The van der Waals surface area contributed by atoms with Gasteiger partial charge in [-0.25, -0.2) is 9.59 Å². The number of carbonyl (C=O) groups excluding carboxylic acids is 2. The summed E-state index contributed by atoms with van der Waals surface area (Å²) in [5.74, 6) is 0.658. The van der Waals surface area contributed by atoms with Crippen LogP contribution in [0.1, 0.15) is 24.5 Å². The van der Waals surface area contributed by atoms with Gasteiger partial charge in [-0.05, 0) is 41.8 Å². The first-order valence-corrected chi connectivity index (χ1v) is 10.9. The lowest BCUT2D eigenvalue weighted by atomic mass is 10.0. The van der Waals surface area contributed by atoms with Crippen molar-refractivity contribution in [2.24, 2.45) is 0 Å². The molecule has 6 heteroatoms. The van der Waals surface area contributed by atoms with Crippen LogP contribution in [-0.4, -0.2) is 31.8 Å². The van der Waals surface area contributed by atoms with Crippen LogP contribution >= 0.6 is 0 Å². The highest BCUT2D eigenvalue weighted by Crippen LogP contribution is 2.27. The first-order chi connectivity index (χ1) is 16.2. The van der Waals surface area contributed by atoms with Gasteiger partial charge in [0.15, 0.2) is 0 Å². The average Bonchev–Trinajstić information content (AvgIpc) is 3.32. The molecule has 0 aromatic heterocycles. The lowest BCUT2D eigenvalue weighted by molar-refractivity contribution is -0.128. The molecule has 33 heavy (non-hydrogen) atoms. The van der Waals surface area contributed by atoms with Crippen molar-refractivity contribution >= 4 is 23.1 Å². The lowest BCUT2D eigenvalue weighted by Crippen LogP contribution is -2.11. The minimum absolute atomic E-state index is 0.411. The van der Waals surface area contributed by atoms with Gasteiger partial charge in [-0.15, -0.1) is 0 Å². The Labute approximate surface area is 190 Å². The fourth-order valence-electron chi connectivity index (χ4n) is 3.98. The fraction of sp³-hybridized carbons (Fsp3) is 0.185. The summed E-state index contributed by atoms with van der Waals surface area (Å²) in [6.07, 6.45) is 0.971. The molecule has 0 saturated heterocycles. The topological polar surface area (TPSA) is 71.1 Å². The van der Waals surface area contributed by atoms with Crippen LogP contribution in [0.2, 0.25) is 0 Å². The third-order valence-electron chi connectivity index (χ3n) is 5.48. The van der Waals surface area contributed by atoms with Crippen molar-refractivity contribution in [2.45, 2.75) is 13.3 Å². The van der Waals surface area contributed by atoms with Gasteiger partial charge in [-0.3, -0.25) is 0 Å². The van der Waals surface area contributed by atoms with Gasteiger partial charge in [0, 0.05) is 17.0 Å². The summed E-state index contributed by atoms with van der Waals surface area (Å²) in [6, 6.07) is 20.0. The van der Waals surface area contributed by atoms with Gasteiger partial charge in [0.25, 0.3) is 0 Å². The highest BCUT2D eigenvalue weighted by atomic mass is 16.5. The second kappa shape index (κ2) is 8.92.